The molecule has 0 bridgehead atoms. The fourth-order valence-corrected chi connectivity index (χ4v) is 2.15. The number of thioether (sulfide) groups is 1. The van der Waals surface area contributed by atoms with Crippen LogP contribution in [0.5, 0.6) is 0 Å². The number of carbonyl (C=O) groups is 1. The van der Waals surface area contributed by atoms with Crippen LogP contribution in [0.15, 0.2) is 16.5 Å². The summed E-state index contributed by atoms with van der Waals surface area (Å²) in [6, 6.07) is 3.96. The average molecular weight is 314 g/mol. The van der Waals surface area contributed by atoms with Crippen LogP contribution < -0.4 is 10.6 Å². The van der Waals surface area contributed by atoms with Crippen LogP contribution in [-0.2, 0) is 17.0 Å². The lowest BCUT2D eigenvalue weighted by atomic mass is 10.2. The van der Waals surface area contributed by atoms with Crippen molar-refractivity contribution in [1.82, 2.24) is 10.6 Å². The molecule has 0 aliphatic carbocycles. The molecule has 1 amide bonds. The quantitative estimate of drug-likeness (QED) is 0.809. The molecule has 5 nitrogen and oxygen atoms in total. The molecule has 0 aliphatic heterocycles. The molecule has 1 heterocycles. The molecule has 21 heavy (non-hydrogen) atoms. The van der Waals surface area contributed by atoms with Crippen molar-refractivity contribution in [3.8, 4) is 0 Å². The predicted octanol–water partition coefficient (Wildman–Crippen LogP) is 3.15. The van der Waals surface area contributed by atoms with Gasteiger partial charge in [0.15, 0.2) is 0 Å². The predicted molar refractivity (Wildman–Crippen MR) is 86.5 cm³/mol. The highest BCUT2D eigenvalue weighted by Crippen LogP contribution is 2.13. The first-order valence-corrected chi connectivity index (χ1v) is 8.46. The van der Waals surface area contributed by atoms with E-state index >= 15 is 0 Å². The second-order valence-electron chi connectivity index (χ2n) is 5.98. The maximum absolute atomic E-state index is 11.6. The molecular weight excluding hydrogens is 288 g/mol. The number of hydrogen-bond donors (Lipinski definition) is 2. The van der Waals surface area contributed by atoms with E-state index in [1.54, 1.807) is 11.8 Å². The zero-order chi connectivity index (χ0) is 15.9. The van der Waals surface area contributed by atoms with E-state index in [2.05, 4.69) is 10.6 Å². The van der Waals surface area contributed by atoms with Crippen molar-refractivity contribution in [2.75, 3.05) is 12.8 Å². The van der Waals surface area contributed by atoms with Gasteiger partial charge in [0, 0.05) is 12.6 Å². The number of amides is 1. The number of alkyl carbamates (subject to hydrolysis) is 1. The van der Waals surface area contributed by atoms with Gasteiger partial charge in [-0.1, -0.05) is 0 Å². The van der Waals surface area contributed by atoms with Gasteiger partial charge in [-0.25, -0.2) is 4.79 Å². The van der Waals surface area contributed by atoms with Crippen LogP contribution in [0.25, 0.3) is 0 Å². The molecule has 6 heteroatoms. The summed E-state index contributed by atoms with van der Waals surface area (Å²) < 4.78 is 10.9. The van der Waals surface area contributed by atoms with Gasteiger partial charge in [0.05, 0.1) is 12.3 Å². The van der Waals surface area contributed by atoms with E-state index < -0.39 is 11.7 Å². The minimum Gasteiger partial charge on any atom is -0.464 e. The van der Waals surface area contributed by atoms with E-state index in [0.717, 1.165) is 17.3 Å². The summed E-state index contributed by atoms with van der Waals surface area (Å²) in [4.78, 5) is 11.6. The molecule has 1 aromatic rings. The smallest absolute Gasteiger partial charge is 0.407 e. The highest BCUT2D eigenvalue weighted by molar-refractivity contribution is 7.97. The molecule has 0 saturated heterocycles. The van der Waals surface area contributed by atoms with Crippen molar-refractivity contribution in [1.29, 1.82) is 0 Å². The van der Waals surface area contributed by atoms with Crippen LogP contribution in [0.1, 0.15) is 39.2 Å². The Hall–Kier alpha value is -1.14. The second kappa shape index (κ2) is 8.34. The SMILES string of the molecule is CSCc1ccc(CNCC(C)NC(=O)OC(C)(C)C)o1. The van der Waals surface area contributed by atoms with E-state index in [9.17, 15) is 4.79 Å². The first-order valence-electron chi connectivity index (χ1n) is 7.07. The fourth-order valence-electron chi connectivity index (χ4n) is 1.71. The van der Waals surface area contributed by atoms with E-state index in [0.29, 0.717) is 13.1 Å². The molecule has 0 saturated carbocycles. The van der Waals surface area contributed by atoms with Gasteiger partial charge in [0.25, 0.3) is 0 Å². The molecule has 0 aliphatic rings. The first kappa shape index (κ1) is 17.9. The monoisotopic (exact) mass is 314 g/mol. The van der Waals surface area contributed by atoms with E-state index in [4.69, 9.17) is 9.15 Å². The average Bonchev–Trinajstić information content (AvgIpc) is 2.74. The first-order chi connectivity index (χ1) is 9.80. The fraction of sp³-hybridized carbons (Fsp3) is 0.667. The number of carbonyl (C=O) groups excluding carboxylic acids is 1. The highest BCUT2D eigenvalue weighted by Gasteiger charge is 2.17. The Bertz CT molecular complexity index is 440. The zero-order valence-electron chi connectivity index (χ0n) is 13.5. The Morgan fingerprint density at radius 1 is 1.38 bits per heavy atom. The van der Waals surface area contributed by atoms with E-state index in [-0.39, 0.29) is 6.04 Å². The largest absolute Gasteiger partial charge is 0.464 e. The summed E-state index contributed by atoms with van der Waals surface area (Å²) in [5, 5.41) is 6.04. The number of hydrogen-bond acceptors (Lipinski definition) is 5. The van der Waals surface area contributed by atoms with Gasteiger partial charge >= 0.3 is 6.09 Å². The van der Waals surface area contributed by atoms with Crippen LogP contribution in [0.2, 0.25) is 0 Å². The van der Waals surface area contributed by atoms with Crippen molar-refractivity contribution < 1.29 is 13.9 Å². The van der Waals surface area contributed by atoms with Gasteiger partial charge in [0.1, 0.15) is 17.1 Å². The minimum atomic E-state index is -0.473. The Morgan fingerprint density at radius 3 is 2.67 bits per heavy atom. The summed E-state index contributed by atoms with van der Waals surface area (Å²) in [7, 11) is 0. The van der Waals surface area contributed by atoms with Crippen LogP contribution >= 0.6 is 11.8 Å². The maximum atomic E-state index is 11.6. The third kappa shape index (κ3) is 8.02. The van der Waals surface area contributed by atoms with Crippen molar-refractivity contribution in [3.05, 3.63) is 23.7 Å². The highest BCUT2D eigenvalue weighted by atomic mass is 32.2. The normalized spacial score (nSPS) is 13.0. The number of rotatable bonds is 7. The molecule has 0 spiro atoms. The van der Waals surface area contributed by atoms with Crippen LogP contribution in [0, 0.1) is 0 Å². The van der Waals surface area contributed by atoms with Gasteiger partial charge in [-0.3, -0.25) is 0 Å². The number of nitrogens with one attached hydrogen (secondary N) is 2. The zero-order valence-corrected chi connectivity index (χ0v) is 14.3. The van der Waals surface area contributed by atoms with Crippen molar-refractivity contribution >= 4 is 17.9 Å². The summed E-state index contributed by atoms with van der Waals surface area (Å²) in [5.74, 6) is 2.78. The third-order valence-electron chi connectivity index (χ3n) is 2.52. The van der Waals surface area contributed by atoms with Gasteiger partial charge in [-0.15, -0.1) is 0 Å². The van der Waals surface area contributed by atoms with Crippen molar-refractivity contribution in [2.24, 2.45) is 0 Å². The van der Waals surface area contributed by atoms with Crippen LogP contribution in [-0.4, -0.2) is 30.5 Å². The topological polar surface area (TPSA) is 63.5 Å². The van der Waals surface area contributed by atoms with Crippen LogP contribution in [0.3, 0.4) is 0 Å². The maximum Gasteiger partial charge on any atom is 0.407 e. The van der Waals surface area contributed by atoms with Crippen molar-refractivity contribution in [2.45, 2.75) is 51.6 Å². The molecule has 0 radical (unpaired) electrons. The van der Waals surface area contributed by atoms with E-state index in [1.807, 2.05) is 46.1 Å². The Morgan fingerprint density at radius 2 is 2.05 bits per heavy atom. The summed E-state index contributed by atoms with van der Waals surface area (Å²) in [5.41, 5.74) is -0.473. The number of ether oxygens (including phenoxy) is 1. The summed E-state index contributed by atoms with van der Waals surface area (Å²) >= 11 is 1.73. The van der Waals surface area contributed by atoms with Crippen molar-refractivity contribution in [3.63, 3.8) is 0 Å². The summed E-state index contributed by atoms with van der Waals surface area (Å²) in [6.45, 7) is 8.76. The molecule has 120 valence electrons. The lowest BCUT2D eigenvalue weighted by Crippen LogP contribution is -2.42. The Labute approximate surface area is 131 Å². The molecule has 0 fully saturated rings. The number of furan rings is 1. The molecule has 1 rings (SSSR count). The second-order valence-corrected chi connectivity index (χ2v) is 6.85. The molecular formula is C15H26N2O3S. The lowest BCUT2D eigenvalue weighted by molar-refractivity contribution is 0.0508. The Kier molecular flexibility index (Phi) is 7.11. The molecule has 0 aromatic carbocycles. The molecule has 1 unspecified atom stereocenters. The standard InChI is InChI=1S/C15H26N2O3S/c1-11(17-14(18)20-15(2,3)4)8-16-9-12-6-7-13(19-12)10-21-5/h6-7,11,16H,8-10H2,1-5H3,(H,17,18). The van der Waals surface area contributed by atoms with Gasteiger partial charge < -0.3 is 19.8 Å². The van der Waals surface area contributed by atoms with Gasteiger partial charge in [0.2, 0.25) is 0 Å². The lowest BCUT2D eigenvalue weighted by Gasteiger charge is -2.22. The Balaban J connectivity index is 2.23. The van der Waals surface area contributed by atoms with Gasteiger partial charge in [-0.2, -0.15) is 11.8 Å². The minimum absolute atomic E-state index is 0.0134. The van der Waals surface area contributed by atoms with Gasteiger partial charge in [-0.05, 0) is 46.1 Å². The molecule has 2 N–H and O–H groups in total. The summed E-state index contributed by atoms with van der Waals surface area (Å²) in [6.07, 6.45) is 1.65. The molecule has 1 aromatic heterocycles. The van der Waals surface area contributed by atoms with E-state index in [1.165, 1.54) is 0 Å². The third-order valence-corrected chi connectivity index (χ3v) is 3.09. The molecule has 1 atom stereocenters. The van der Waals surface area contributed by atoms with Crippen LogP contribution in [0.4, 0.5) is 4.79 Å².